The van der Waals surface area contributed by atoms with E-state index in [0.717, 1.165) is 25.1 Å². The number of nitrogens with zero attached hydrogens (tertiary/aromatic N) is 1. The van der Waals surface area contributed by atoms with Gasteiger partial charge >= 0.3 is 6.09 Å². The van der Waals surface area contributed by atoms with Gasteiger partial charge in [-0.2, -0.15) is 0 Å². The molecule has 4 nitrogen and oxygen atoms in total. The van der Waals surface area contributed by atoms with Gasteiger partial charge in [0.2, 0.25) is 0 Å². The maximum Gasteiger partial charge on any atom is 0.415 e. The quantitative estimate of drug-likeness (QED) is 0.781. The average molecular weight is 261 g/mol. The minimum Gasteiger partial charge on any atom is -0.491 e. The van der Waals surface area contributed by atoms with Crippen LogP contribution in [0.2, 0.25) is 0 Å². The average Bonchev–Trinajstić information content (AvgIpc) is 2.85. The number of likely N-dealkylation sites (tertiary alicyclic amines) is 1. The van der Waals surface area contributed by atoms with E-state index in [0.29, 0.717) is 12.4 Å². The van der Waals surface area contributed by atoms with Crippen molar-refractivity contribution in [3.8, 4) is 5.75 Å². The first-order chi connectivity index (χ1) is 9.16. The highest BCUT2D eigenvalue weighted by Crippen LogP contribution is 2.20. The van der Waals surface area contributed by atoms with E-state index in [1.165, 1.54) is 0 Å². The zero-order valence-corrected chi connectivity index (χ0v) is 11.2. The lowest BCUT2D eigenvalue weighted by atomic mass is 10.2. The minimum atomic E-state index is -0.327. The molecule has 4 heteroatoms. The van der Waals surface area contributed by atoms with Crippen LogP contribution in [0.1, 0.15) is 19.8 Å². The number of amides is 1. The van der Waals surface area contributed by atoms with Crippen LogP contribution < -0.4 is 4.74 Å². The van der Waals surface area contributed by atoms with E-state index >= 15 is 0 Å². The molecule has 0 N–H and O–H groups in total. The van der Waals surface area contributed by atoms with Gasteiger partial charge in [-0.15, -0.1) is 0 Å². The van der Waals surface area contributed by atoms with E-state index in [-0.39, 0.29) is 12.1 Å². The van der Waals surface area contributed by atoms with E-state index in [4.69, 9.17) is 9.47 Å². The van der Waals surface area contributed by atoms with Crippen molar-refractivity contribution in [1.82, 2.24) is 4.90 Å². The molecule has 102 valence electrons. The fourth-order valence-electron chi connectivity index (χ4n) is 2.17. The van der Waals surface area contributed by atoms with Gasteiger partial charge in [0.1, 0.15) is 12.4 Å². The molecule has 1 heterocycles. The number of para-hydroxylation sites is 1. The van der Waals surface area contributed by atoms with Crippen LogP contribution >= 0.6 is 0 Å². The van der Waals surface area contributed by atoms with E-state index in [1.807, 2.05) is 30.3 Å². The molecule has 1 aliphatic rings. The van der Waals surface area contributed by atoms with Gasteiger partial charge in [-0.05, 0) is 31.9 Å². The number of rotatable bonds is 4. The van der Waals surface area contributed by atoms with Gasteiger partial charge in [0.05, 0.1) is 11.8 Å². The molecule has 0 unspecified atom stereocenters. The van der Waals surface area contributed by atoms with Crippen LogP contribution in [-0.4, -0.2) is 30.2 Å². The molecule has 0 aliphatic carbocycles. The maximum atomic E-state index is 11.9. The monoisotopic (exact) mass is 261 g/mol. The van der Waals surface area contributed by atoms with Crippen LogP contribution in [0.4, 0.5) is 4.79 Å². The number of ether oxygens (including phenoxy) is 2. The van der Waals surface area contributed by atoms with Gasteiger partial charge in [0.15, 0.2) is 0 Å². The summed E-state index contributed by atoms with van der Waals surface area (Å²) in [5.74, 6) is 1.24. The van der Waals surface area contributed by atoms with Crippen LogP contribution in [0, 0.1) is 0 Å². The SMILES string of the molecule is C=C(C)OC(=O)N1CCC[C@H]1COc1ccccc1. The molecule has 0 bridgehead atoms. The Hall–Kier alpha value is -1.97. The third kappa shape index (κ3) is 3.74. The molecule has 1 amide bonds. The topological polar surface area (TPSA) is 38.8 Å². The number of carbonyl (C=O) groups is 1. The van der Waals surface area contributed by atoms with Crippen LogP contribution in [-0.2, 0) is 4.74 Å². The molecule has 1 atom stereocenters. The van der Waals surface area contributed by atoms with Crippen LogP contribution in [0.5, 0.6) is 5.75 Å². The number of benzene rings is 1. The van der Waals surface area contributed by atoms with Crippen molar-refractivity contribution in [2.75, 3.05) is 13.2 Å². The zero-order valence-electron chi connectivity index (χ0n) is 11.2. The maximum absolute atomic E-state index is 11.9. The molecule has 19 heavy (non-hydrogen) atoms. The van der Waals surface area contributed by atoms with Gasteiger partial charge in [-0.3, -0.25) is 0 Å². The normalized spacial score (nSPS) is 18.2. The second-order valence-electron chi connectivity index (χ2n) is 4.68. The summed E-state index contributed by atoms with van der Waals surface area (Å²) in [6.45, 7) is 6.47. The second kappa shape index (κ2) is 6.27. The lowest BCUT2D eigenvalue weighted by molar-refractivity contribution is 0.110. The van der Waals surface area contributed by atoms with Crippen molar-refractivity contribution in [3.63, 3.8) is 0 Å². The summed E-state index contributed by atoms with van der Waals surface area (Å²) in [5, 5.41) is 0. The molecular formula is C15H19NO3. The Morgan fingerprint density at radius 1 is 1.42 bits per heavy atom. The summed E-state index contributed by atoms with van der Waals surface area (Å²) in [4.78, 5) is 13.6. The van der Waals surface area contributed by atoms with Gasteiger partial charge in [0.25, 0.3) is 0 Å². The van der Waals surface area contributed by atoms with Crippen molar-refractivity contribution in [1.29, 1.82) is 0 Å². The number of hydrogen-bond acceptors (Lipinski definition) is 3. The Balaban J connectivity index is 1.88. The summed E-state index contributed by atoms with van der Waals surface area (Å²) in [7, 11) is 0. The summed E-state index contributed by atoms with van der Waals surface area (Å²) in [6.07, 6.45) is 1.60. The summed E-state index contributed by atoms with van der Waals surface area (Å²) in [6, 6.07) is 9.69. The molecule has 1 aromatic rings. The molecule has 1 aromatic carbocycles. The van der Waals surface area contributed by atoms with Crippen LogP contribution in [0.25, 0.3) is 0 Å². The molecule has 0 radical (unpaired) electrons. The van der Waals surface area contributed by atoms with E-state index < -0.39 is 0 Å². The predicted octanol–water partition coefficient (Wildman–Crippen LogP) is 3.20. The fourth-order valence-corrected chi connectivity index (χ4v) is 2.17. The molecule has 1 aliphatic heterocycles. The van der Waals surface area contributed by atoms with Crippen molar-refractivity contribution >= 4 is 6.09 Å². The summed E-state index contributed by atoms with van der Waals surface area (Å²) in [5.41, 5.74) is 0. The minimum absolute atomic E-state index is 0.0760. The Morgan fingerprint density at radius 3 is 2.84 bits per heavy atom. The largest absolute Gasteiger partial charge is 0.491 e. The van der Waals surface area contributed by atoms with Gasteiger partial charge in [0, 0.05) is 6.54 Å². The highest BCUT2D eigenvalue weighted by molar-refractivity contribution is 5.69. The van der Waals surface area contributed by atoms with E-state index in [9.17, 15) is 4.79 Å². The lowest BCUT2D eigenvalue weighted by Gasteiger charge is -2.24. The molecule has 1 fully saturated rings. The van der Waals surface area contributed by atoms with Crippen LogP contribution in [0.3, 0.4) is 0 Å². The zero-order chi connectivity index (χ0) is 13.7. The molecular weight excluding hydrogens is 242 g/mol. The van der Waals surface area contributed by atoms with Gasteiger partial charge in [-0.1, -0.05) is 24.8 Å². The van der Waals surface area contributed by atoms with Crippen molar-refractivity contribution in [2.45, 2.75) is 25.8 Å². The van der Waals surface area contributed by atoms with E-state index in [2.05, 4.69) is 6.58 Å². The van der Waals surface area contributed by atoms with E-state index in [1.54, 1.807) is 11.8 Å². The Morgan fingerprint density at radius 2 is 2.16 bits per heavy atom. The van der Waals surface area contributed by atoms with Crippen molar-refractivity contribution in [2.24, 2.45) is 0 Å². The third-order valence-electron chi connectivity index (χ3n) is 3.06. The first-order valence-electron chi connectivity index (χ1n) is 6.48. The second-order valence-corrected chi connectivity index (χ2v) is 4.68. The smallest absolute Gasteiger partial charge is 0.415 e. The van der Waals surface area contributed by atoms with Gasteiger partial charge in [-0.25, -0.2) is 4.79 Å². The van der Waals surface area contributed by atoms with Crippen molar-refractivity contribution in [3.05, 3.63) is 42.7 Å². The summed E-state index contributed by atoms with van der Waals surface area (Å²) >= 11 is 0. The Labute approximate surface area is 113 Å². The standard InChI is InChI=1S/C15H19NO3/c1-12(2)19-15(17)16-10-6-7-13(16)11-18-14-8-4-3-5-9-14/h3-5,8-9,13H,1,6-7,10-11H2,2H3/t13-/m0/s1. The fraction of sp³-hybridized carbons (Fsp3) is 0.400. The number of allylic oxidation sites excluding steroid dienone is 1. The number of hydrogen-bond donors (Lipinski definition) is 0. The predicted molar refractivity (Wildman–Crippen MR) is 73.0 cm³/mol. The first-order valence-corrected chi connectivity index (χ1v) is 6.48. The van der Waals surface area contributed by atoms with Gasteiger partial charge < -0.3 is 14.4 Å². The Bertz CT molecular complexity index is 444. The molecule has 0 saturated carbocycles. The highest BCUT2D eigenvalue weighted by Gasteiger charge is 2.30. The number of carbonyl (C=O) groups excluding carboxylic acids is 1. The third-order valence-corrected chi connectivity index (χ3v) is 3.06. The highest BCUT2D eigenvalue weighted by atomic mass is 16.6. The lowest BCUT2D eigenvalue weighted by Crippen LogP contribution is -2.39. The van der Waals surface area contributed by atoms with Crippen molar-refractivity contribution < 1.29 is 14.3 Å². The summed E-state index contributed by atoms with van der Waals surface area (Å²) < 4.78 is 10.8. The first kappa shape index (κ1) is 13.5. The molecule has 0 spiro atoms. The Kier molecular flexibility index (Phi) is 4.44. The van der Waals surface area contributed by atoms with Crippen LogP contribution in [0.15, 0.2) is 42.7 Å². The molecule has 2 rings (SSSR count). The molecule has 0 aromatic heterocycles. The molecule has 1 saturated heterocycles.